The molecule has 5 rings (SSSR count). The van der Waals surface area contributed by atoms with Crippen LogP contribution in [0.1, 0.15) is 85.3 Å². The summed E-state index contributed by atoms with van der Waals surface area (Å²) in [5.41, 5.74) is 6.28. The van der Waals surface area contributed by atoms with Crippen molar-refractivity contribution in [2.75, 3.05) is 56.4 Å². The number of pyridine rings is 1. The van der Waals surface area contributed by atoms with E-state index in [1.807, 2.05) is 11.0 Å². The van der Waals surface area contributed by atoms with Gasteiger partial charge in [0.15, 0.2) is 0 Å². The molecule has 0 saturated carbocycles. The van der Waals surface area contributed by atoms with Crippen molar-refractivity contribution in [2.45, 2.75) is 69.6 Å². The molecule has 1 amide bonds. The van der Waals surface area contributed by atoms with Crippen LogP contribution in [0.5, 0.6) is 5.88 Å². The quantitative estimate of drug-likeness (QED) is 0.157. The Bertz CT molecular complexity index is 1890. The Morgan fingerprint density at radius 2 is 1.70 bits per heavy atom. The van der Waals surface area contributed by atoms with Crippen molar-refractivity contribution in [3.63, 3.8) is 0 Å². The van der Waals surface area contributed by atoms with Gasteiger partial charge in [-0.1, -0.05) is 6.92 Å². The minimum atomic E-state index is -4.64. The van der Waals surface area contributed by atoms with Crippen molar-refractivity contribution in [1.29, 1.82) is 5.26 Å². The fraction of sp³-hybridized carbons (Fsp3) is 0.486. The van der Waals surface area contributed by atoms with Crippen LogP contribution in [0.15, 0.2) is 36.5 Å². The molecule has 4 heterocycles. The van der Waals surface area contributed by atoms with E-state index >= 15 is 0 Å². The summed E-state index contributed by atoms with van der Waals surface area (Å²) in [5, 5.41) is 36.0. The fourth-order valence-electron chi connectivity index (χ4n) is 6.36. The van der Waals surface area contributed by atoms with Gasteiger partial charge in [-0.2, -0.15) is 18.4 Å². The molecular weight excluding hydrogens is 743 g/mol. The van der Waals surface area contributed by atoms with Gasteiger partial charge in [0.05, 0.1) is 72.4 Å². The number of morpholine rings is 1. The predicted octanol–water partition coefficient (Wildman–Crippen LogP) is 5.02. The second-order valence-corrected chi connectivity index (χ2v) is 13.1. The number of methoxy groups -OCH3 is 1. The van der Waals surface area contributed by atoms with Gasteiger partial charge in [0.1, 0.15) is 11.5 Å². The number of carboxylic acid groups (broad SMARTS) is 3. The van der Waals surface area contributed by atoms with Crippen LogP contribution in [0.3, 0.4) is 0 Å². The standard InChI is InChI=1S/C29H30F3N7O4.C8H14O5/c1-3-28(34)14-20(25-22(39(28)27(40)41)4-5-24(37-25)42-2)26-35-16-23(38-6-8-43-9-7-38)21(36-26)13-17-10-18(15-33)12-19(11-17)29(30,31)32;9-7(10)3-1-5-13-6-2-4-8(11)12/h4-5,10-12,16,20H,3,6-9,13-14,34H2,1-2H3,(H,40,41);1-6H2,(H,9,10)(H,11,12)/t20-,28+;/m0./s1. The average Bonchev–Trinajstić information content (AvgIpc) is 3.16. The molecular formula is C37H44F3N7O9. The minimum Gasteiger partial charge on any atom is -0.481 e. The lowest BCUT2D eigenvalue weighted by molar-refractivity contribution is -0.138. The van der Waals surface area contributed by atoms with E-state index in [1.165, 1.54) is 13.2 Å². The number of hydrogen-bond acceptors (Lipinski definition) is 12. The number of carboxylic acids is 2. The Morgan fingerprint density at radius 3 is 2.25 bits per heavy atom. The number of halogens is 3. The zero-order chi connectivity index (χ0) is 41.0. The number of anilines is 2. The number of nitriles is 1. The molecule has 2 aromatic heterocycles. The number of rotatable bonds is 14. The van der Waals surface area contributed by atoms with Gasteiger partial charge >= 0.3 is 24.2 Å². The molecule has 1 fully saturated rings. The monoisotopic (exact) mass is 787 g/mol. The van der Waals surface area contributed by atoms with E-state index < -0.39 is 41.4 Å². The Kier molecular flexibility index (Phi) is 14.9. The van der Waals surface area contributed by atoms with Crippen molar-refractivity contribution in [3.8, 4) is 11.9 Å². The summed E-state index contributed by atoms with van der Waals surface area (Å²) in [6, 6.07) is 8.17. The first-order valence-electron chi connectivity index (χ1n) is 17.8. The summed E-state index contributed by atoms with van der Waals surface area (Å²) < 4.78 is 56.8. The summed E-state index contributed by atoms with van der Waals surface area (Å²) in [6.07, 6.45) is -2.75. The number of aromatic nitrogens is 3. The first-order valence-corrected chi connectivity index (χ1v) is 17.8. The topological polar surface area (TPSA) is 235 Å². The number of nitrogens with two attached hydrogens (primary N) is 1. The Labute approximate surface area is 320 Å². The summed E-state index contributed by atoms with van der Waals surface area (Å²) in [6.45, 7) is 4.52. The molecule has 1 saturated heterocycles. The molecule has 1 aromatic carbocycles. The van der Waals surface area contributed by atoms with Gasteiger partial charge in [-0.25, -0.2) is 19.7 Å². The van der Waals surface area contributed by atoms with Crippen LogP contribution < -0.4 is 20.3 Å². The van der Waals surface area contributed by atoms with E-state index in [-0.39, 0.29) is 60.6 Å². The lowest BCUT2D eigenvalue weighted by Gasteiger charge is -2.45. The number of nitrogens with zero attached hydrogens (tertiary/aromatic N) is 6. The molecule has 2 atom stereocenters. The number of aliphatic carboxylic acids is 2. The van der Waals surface area contributed by atoms with Crippen molar-refractivity contribution in [3.05, 3.63) is 70.4 Å². The zero-order valence-corrected chi connectivity index (χ0v) is 30.9. The van der Waals surface area contributed by atoms with E-state index in [9.17, 15) is 37.9 Å². The first kappa shape index (κ1) is 43.2. The molecule has 2 aliphatic heterocycles. The Balaban J connectivity index is 0.000000460. The second-order valence-electron chi connectivity index (χ2n) is 13.1. The summed E-state index contributed by atoms with van der Waals surface area (Å²) in [7, 11) is 1.44. The van der Waals surface area contributed by atoms with Crippen molar-refractivity contribution < 1.29 is 57.1 Å². The lowest BCUT2D eigenvalue weighted by Crippen LogP contribution is -2.61. The maximum Gasteiger partial charge on any atom is 0.416 e. The number of carbonyl (C=O) groups is 3. The molecule has 3 aromatic rings. The normalized spacial score (nSPS) is 17.9. The molecule has 0 unspecified atom stereocenters. The molecule has 19 heteroatoms. The predicted molar refractivity (Wildman–Crippen MR) is 194 cm³/mol. The van der Waals surface area contributed by atoms with Crippen LogP contribution in [0.25, 0.3) is 0 Å². The molecule has 302 valence electrons. The number of alkyl halides is 3. The highest BCUT2D eigenvalue weighted by Crippen LogP contribution is 2.45. The highest BCUT2D eigenvalue weighted by molar-refractivity contribution is 5.89. The molecule has 0 radical (unpaired) electrons. The molecule has 0 spiro atoms. The number of fused-ring (bicyclic) bond motifs is 1. The third-order valence-electron chi connectivity index (χ3n) is 9.17. The molecule has 5 N–H and O–H groups in total. The highest BCUT2D eigenvalue weighted by atomic mass is 19.4. The van der Waals surface area contributed by atoms with E-state index in [0.29, 0.717) is 69.4 Å². The van der Waals surface area contributed by atoms with E-state index in [2.05, 4.69) is 9.97 Å². The van der Waals surface area contributed by atoms with Gasteiger partial charge in [0, 0.05) is 51.6 Å². The van der Waals surface area contributed by atoms with Gasteiger partial charge in [0.2, 0.25) is 5.88 Å². The Morgan fingerprint density at radius 1 is 1.04 bits per heavy atom. The minimum absolute atomic E-state index is 0.0191. The van der Waals surface area contributed by atoms with Gasteiger partial charge in [-0.15, -0.1) is 0 Å². The van der Waals surface area contributed by atoms with Gasteiger partial charge < -0.3 is 40.2 Å². The SMILES string of the molecule is CC[C@]1(N)C[C@H](c2ncc(N3CCOCC3)c(Cc3cc(C#N)cc(C(F)(F)F)c3)n2)c2nc(OC)ccc2N1C(=O)O.O=C(O)CCCOCCCC(=O)O. The summed E-state index contributed by atoms with van der Waals surface area (Å²) in [5.74, 6) is -1.79. The van der Waals surface area contributed by atoms with E-state index in [0.717, 1.165) is 17.0 Å². The third-order valence-corrected chi connectivity index (χ3v) is 9.17. The van der Waals surface area contributed by atoms with Crippen LogP contribution in [0.4, 0.5) is 29.3 Å². The zero-order valence-electron chi connectivity index (χ0n) is 30.9. The Hall–Kier alpha value is -5.58. The second kappa shape index (κ2) is 19.3. The average molecular weight is 788 g/mol. The van der Waals surface area contributed by atoms with Crippen LogP contribution >= 0.6 is 0 Å². The molecule has 56 heavy (non-hydrogen) atoms. The number of benzene rings is 1. The maximum absolute atomic E-state index is 13.7. The molecule has 0 bridgehead atoms. The largest absolute Gasteiger partial charge is 0.481 e. The fourth-order valence-corrected chi connectivity index (χ4v) is 6.36. The lowest BCUT2D eigenvalue weighted by atomic mass is 9.83. The van der Waals surface area contributed by atoms with Crippen LogP contribution in [0.2, 0.25) is 0 Å². The molecule has 16 nitrogen and oxygen atoms in total. The number of amides is 1. The number of ether oxygens (including phenoxy) is 3. The van der Waals surface area contributed by atoms with Crippen LogP contribution in [0, 0.1) is 11.3 Å². The number of hydrogen-bond donors (Lipinski definition) is 4. The first-order chi connectivity index (χ1) is 26.6. The maximum atomic E-state index is 13.7. The third kappa shape index (κ3) is 11.2. The molecule has 2 aliphatic rings. The smallest absolute Gasteiger partial charge is 0.416 e. The van der Waals surface area contributed by atoms with Crippen molar-refractivity contribution in [2.24, 2.45) is 5.73 Å². The van der Waals surface area contributed by atoms with Gasteiger partial charge in [-0.05, 0) is 55.5 Å². The van der Waals surface area contributed by atoms with Gasteiger partial charge in [-0.3, -0.25) is 14.5 Å². The van der Waals surface area contributed by atoms with E-state index in [4.69, 9.17) is 35.1 Å². The van der Waals surface area contributed by atoms with Crippen molar-refractivity contribution in [1.82, 2.24) is 15.0 Å². The van der Waals surface area contributed by atoms with Crippen LogP contribution in [-0.2, 0) is 31.7 Å². The van der Waals surface area contributed by atoms with Crippen molar-refractivity contribution >= 4 is 29.4 Å². The van der Waals surface area contributed by atoms with Gasteiger partial charge in [0.25, 0.3) is 0 Å². The van der Waals surface area contributed by atoms with E-state index in [1.54, 1.807) is 25.3 Å². The summed E-state index contributed by atoms with van der Waals surface area (Å²) >= 11 is 0. The highest BCUT2D eigenvalue weighted by Gasteiger charge is 2.47. The van der Waals surface area contributed by atoms with Crippen LogP contribution in [-0.4, -0.2) is 101 Å². The summed E-state index contributed by atoms with van der Waals surface area (Å²) in [4.78, 5) is 49.6. The molecule has 0 aliphatic carbocycles.